The quantitative estimate of drug-likeness (QED) is 0.863. The van der Waals surface area contributed by atoms with E-state index in [1.165, 1.54) is 0 Å². The van der Waals surface area contributed by atoms with Gasteiger partial charge in [0.2, 0.25) is 0 Å². The number of hydrogen-bond acceptors (Lipinski definition) is 4. The number of nitrogens with one attached hydrogen (secondary N) is 1. The topological polar surface area (TPSA) is 60.5 Å². The van der Waals surface area contributed by atoms with Gasteiger partial charge >= 0.3 is 0 Å². The van der Waals surface area contributed by atoms with Crippen LogP contribution >= 0.6 is 0 Å². The van der Waals surface area contributed by atoms with Crippen molar-refractivity contribution >= 4 is 5.91 Å². The van der Waals surface area contributed by atoms with Gasteiger partial charge in [0.15, 0.2) is 11.5 Å². The molecule has 0 fully saturated rings. The van der Waals surface area contributed by atoms with Crippen LogP contribution in [0.25, 0.3) is 0 Å². The van der Waals surface area contributed by atoms with Gasteiger partial charge in [-0.2, -0.15) is 0 Å². The number of hydrogen-bond donors (Lipinski definition) is 1. The van der Waals surface area contributed by atoms with E-state index in [4.69, 9.17) is 9.47 Å². The summed E-state index contributed by atoms with van der Waals surface area (Å²) in [5, 5.41) is 3.16. The highest BCUT2D eigenvalue weighted by Gasteiger charge is 2.54. The fourth-order valence-corrected chi connectivity index (χ4v) is 4.26. The Labute approximate surface area is 132 Å². The van der Waals surface area contributed by atoms with Crippen molar-refractivity contribution < 1.29 is 14.3 Å². The molecule has 1 aromatic carbocycles. The maximum absolute atomic E-state index is 12.6. The SMILES string of the molecule is COc1cc2c3c(c1OC)[C@H]1C=C[C@]3(NC2=O)c2ccncc21. The average molecular weight is 306 g/mol. The highest BCUT2D eigenvalue weighted by atomic mass is 16.5. The number of aromatic nitrogens is 1. The van der Waals surface area contributed by atoms with Crippen LogP contribution in [-0.2, 0) is 5.54 Å². The molecule has 2 atom stereocenters. The van der Waals surface area contributed by atoms with E-state index in [0.29, 0.717) is 17.1 Å². The van der Waals surface area contributed by atoms with Crippen molar-refractivity contribution in [2.75, 3.05) is 14.2 Å². The lowest BCUT2D eigenvalue weighted by molar-refractivity contribution is 0.0949. The minimum Gasteiger partial charge on any atom is -0.493 e. The predicted octanol–water partition coefficient (Wildman–Crippen LogP) is 2.10. The van der Waals surface area contributed by atoms with Crippen LogP contribution in [-0.4, -0.2) is 25.1 Å². The maximum Gasteiger partial charge on any atom is 0.253 e. The zero-order chi connectivity index (χ0) is 15.8. The zero-order valence-corrected chi connectivity index (χ0v) is 12.7. The van der Waals surface area contributed by atoms with E-state index in [-0.39, 0.29) is 11.8 Å². The first-order valence-electron chi connectivity index (χ1n) is 7.47. The first kappa shape index (κ1) is 12.7. The van der Waals surface area contributed by atoms with Crippen LogP contribution in [0.4, 0.5) is 0 Å². The van der Waals surface area contributed by atoms with Gasteiger partial charge in [-0.25, -0.2) is 0 Å². The summed E-state index contributed by atoms with van der Waals surface area (Å²) in [5.74, 6) is 1.21. The monoisotopic (exact) mass is 306 g/mol. The van der Waals surface area contributed by atoms with E-state index in [0.717, 1.165) is 22.3 Å². The van der Waals surface area contributed by atoms with E-state index < -0.39 is 5.54 Å². The molecule has 1 spiro atoms. The van der Waals surface area contributed by atoms with Gasteiger partial charge in [-0.15, -0.1) is 0 Å². The van der Waals surface area contributed by atoms with Gasteiger partial charge in [0.05, 0.1) is 14.2 Å². The molecule has 5 heteroatoms. The van der Waals surface area contributed by atoms with E-state index >= 15 is 0 Å². The number of carbonyl (C=O) groups excluding carboxylic acids is 1. The molecule has 2 aromatic rings. The largest absolute Gasteiger partial charge is 0.493 e. The number of amides is 1. The molecule has 1 aliphatic heterocycles. The number of methoxy groups -OCH3 is 2. The van der Waals surface area contributed by atoms with Crippen molar-refractivity contribution in [1.82, 2.24) is 10.3 Å². The number of carbonyl (C=O) groups is 1. The number of nitrogens with zero attached hydrogens (tertiary/aromatic N) is 1. The smallest absolute Gasteiger partial charge is 0.253 e. The first-order chi connectivity index (χ1) is 11.2. The number of rotatable bonds is 2. The Hall–Kier alpha value is -2.82. The van der Waals surface area contributed by atoms with Crippen LogP contribution in [0.5, 0.6) is 11.5 Å². The van der Waals surface area contributed by atoms with Gasteiger partial charge < -0.3 is 14.8 Å². The van der Waals surface area contributed by atoms with Crippen LogP contribution in [0.1, 0.15) is 38.5 Å². The molecular formula is C18H14N2O3. The lowest BCUT2D eigenvalue weighted by atomic mass is 9.64. The molecule has 1 N–H and O–H groups in total. The molecule has 6 rings (SSSR count). The molecule has 3 aliphatic carbocycles. The molecule has 0 saturated carbocycles. The highest BCUT2D eigenvalue weighted by molar-refractivity contribution is 6.04. The molecule has 5 nitrogen and oxygen atoms in total. The summed E-state index contributed by atoms with van der Waals surface area (Å²) in [5.41, 5.74) is 4.23. The highest BCUT2D eigenvalue weighted by Crippen LogP contribution is 2.58. The Kier molecular flexibility index (Phi) is 2.17. The normalized spacial score (nSPS) is 25.0. The summed E-state index contributed by atoms with van der Waals surface area (Å²) < 4.78 is 11.1. The zero-order valence-electron chi connectivity index (χ0n) is 12.7. The summed E-state index contributed by atoms with van der Waals surface area (Å²) in [6, 6.07) is 3.76. The van der Waals surface area contributed by atoms with Crippen molar-refractivity contribution in [2.45, 2.75) is 11.5 Å². The first-order valence-corrected chi connectivity index (χ1v) is 7.47. The average Bonchev–Trinajstić information content (AvgIpc) is 2.89. The lowest BCUT2D eigenvalue weighted by Crippen LogP contribution is -2.44. The van der Waals surface area contributed by atoms with Crippen LogP contribution in [0.3, 0.4) is 0 Å². The van der Waals surface area contributed by atoms with E-state index in [2.05, 4.69) is 22.5 Å². The van der Waals surface area contributed by atoms with Crippen molar-refractivity contribution in [3.05, 3.63) is 64.5 Å². The Bertz CT molecular complexity index is 919. The number of ether oxygens (including phenoxy) is 2. The van der Waals surface area contributed by atoms with E-state index in [1.54, 1.807) is 26.5 Å². The molecule has 23 heavy (non-hydrogen) atoms. The summed E-state index contributed by atoms with van der Waals surface area (Å²) >= 11 is 0. The van der Waals surface area contributed by atoms with Gasteiger partial charge in [-0.1, -0.05) is 12.2 Å². The lowest BCUT2D eigenvalue weighted by Gasteiger charge is -2.42. The van der Waals surface area contributed by atoms with Crippen LogP contribution in [0.2, 0.25) is 0 Å². The fourth-order valence-electron chi connectivity index (χ4n) is 4.26. The minimum absolute atomic E-state index is 0.0204. The van der Waals surface area contributed by atoms with Gasteiger partial charge in [0, 0.05) is 35.0 Å². The number of benzene rings is 1. The van der Waals surface area contributed by atoms with Crippen LogP contribution < -0.4 is 14.8 Å². The number of allylic oxidation sites excluding steroid dienone is 1. The van der Waals surface area contributed by atoms with Crippen molar-refractivity contribution in [3.63, 3.8) is 0 Å². The third-order valence-electron chi connectivity index (χ3n) is 5.12. The van der Waals surface area contributed by atoms with Crippen LogP contribution in [0.15, 0.2) is 36.7 Å². The summed E-state index contributed by atoms with van der Waals surface area (Å²) in [7, 11) is 3.22. The molecular weight excluding hydrogens is 292 g/mol. The summed E-state index contributed by atoms with van der Waals surface area (Å²) in [6.07, 6.45) is 7.84. The second-order valence-corrected chi connectivity index (χ2v) is 6.01. The van der Waals surface area contributed by atoms with Crippen molar-refractivity contribution in [2.24, 2.45) is 0 Å². The van der Waals surface area contributed by atoms with Gasteiger partial charge in [0.1, 0.15) is 5.54 Å². The van der Waals surface area contributed by atoms with Crippen molar-refractivity contribution in [1.29, 1.82) is 0 Å². The second kappa shape index (κ2) is 3.93. The molecule has 4 aliphatic rings. The molecule has 0 unspecified atom stereocenters. The van der Waals surface area contributed by atoms with E-state index in [9.17, 15) is 4.79 Å². The Morgan fingerprint density at radius 1 is 1.30 bits per heavy atom. The summed E-state index contributed by atoms with van der Waals surface area (Å²) in [6.45, 7) is 0. The maximum atomic E-state index is 12.6. The Morgan fingerprint density at radius 2 is 2.17 bits per heavy atom. The standard InChI is InChI=1S/C18H14N2O3/c1-22-13-7-10-15-14(16(13)23-2)9-3-5-18(15,20-17(10)21)12-4-6-19-8-11(9)12/h3-9H,1-2H3,(H,20,21)/t9-,18-/m0/s1. The van der Waals surface area contributed by atoms with Gasteiger partial charge in [-0.3, -0.25) is 9.78 Å². The molecule has 2 bridgehead atoms. The van der Waals surface area contributed by atoms with Gasteiger partial charge in [0.25, 0.3) is 5.91 Å². The molecule has 0 saturated heterocycles. The predicted molar refractivity (Wildman–Crippen MR) is 83.0 cm³/mol. The molecule has 114 valence electrons. The Morgan fingerprint density at radius 3 is 2.96 bits per heavy atom. The van der Waals surface area contributed by atoms with Crippen molar-refractivity contribution in [3.8, 4) is 11.5 Å². The molecule has 0 radical (unpaired) electrons. The van der Waals surface area contributed by atoms with Gasteiger partial charge in [-0.05, 0) is 23.3 Å². The Balaban J connectivity index is 1.96. The summed E-state index contributed by atoms with van der Waals surface area (Å²) in [4.78, 5) is 16.9. The van der Waals surface area contributed by atoms with Crippen LogP contribution in [0, 0.1) is 0 Å². The number of pyridine rings is 1. The van der Waals surface area contributed by atoms with E-state index in [1.807, 2.05) is 12.3 Å². The molecule has 1 amide bonds. The second-order valence-electron chi connectivity index (χ2n) is 6.01. The third kappa shape index (κ3) is 1.25. The third-order valence-corrected chi connectivity index (χ3v) is 5.12. The fraction of sp³-hybridized carbons (Fsp3) is 0.222. The molecule has 1 aromatic heterocycles. The minimum atomic E-state index is -0.617. The molecule has 2 heterocycles.